The molecular weight excluding hydrogens is 278 g/mol. The fourth-order valence-electron chi connectivity index (χ4n) is 2.10. The normalized spacial score (nSPS) is 12.6. The summed E-state index contributed by atoms with van der Waals surface area (Å²) < 4.78 is 4.11. The van der Waals surface area contributed by atoms with Crippen molar-refractivity contribution in [2.24, 2.45) is 0 Å². The van der Waals surface area contributed by atoms with Gasteiger partial charge < -0.3 is 5.32 Å². The van der Waals surface area contributed by atoms with E-state index in [1.54, 1.807) is 0 Å². The van der Waals surface area contributed by atoms with Gasteiger partial charge >= 0.3 is 0 Å². The summed E-state index contributed by atoms with van der Waals surface area (Å²) in [5.41, 5.74) is 2.17. The van der Waals surface area contributed by atoms with Crippen LogP contribution in [0, 0.1) is 0 Å². The fraction of sp³-hybridized carbons (Fsp3) is 0.429. The molecule has 102 valence electrons. The lowest BCUT2D eigenvalue weighted by Crippen LogP contribution is -2.22. The molecule has 0 fully saturated rings. The van der Waals surface area contributed by atoms with Gasteiger partial charge in [0.05, 0.1) is 16.6 Å². The Morgan fingerprint density at radius 2 is 2.11 bits per heavy atom. The van der Waals surface area contributed by atoms with E-state index in [0.717, 1.165) is 35.7 Å². The molecule has 0 saturated heterocycles. The molecule has 0 aliphatic carbocycles. The van der Waals surface area contributed by atoms with Gasteiger partial charge in [-0.2, -0.15) is 0 Å². The standard InChI is InChI=1S/C14H18ClN3S/c1-3-7-12-14(19-18-17-12)13(16-4-2)10-8-5-6-9-11(10)15/h5-6,8-9,13,16H,3-4,7H2,1-2H3. The molecule has 1 aromatic carbocycles. The summed E-state index contributed by atoms with van der Waals surface area (Å²) >= 11 is 7.78. The van der Waals surface area contributed by atoms with E-state index in [9.17, 15) is 0 Å². The minimum absolute atomic E-state index is 0.0836. The largest absolute Gasteiger partial charge is 0.306 e. The second-order valence-electron chi connectivity index (χ2n) is 4.35. The molecule has 0 aliphatic heterocycles. The molecule has 19 heavy (non-hydrogen) atoms. The van der Waals surface area contributed by atoms with Crippen molar-refractivity contribution in [1.29, 1.82) is 0 Å². The van der Waals surface area contributed by atoms with Crippen LogP contribution >= 0.6 is 23.1 Å². The molecular formula is C14H18ClN3S. The van der Waals surface area contributed by atoms with Crippen LogP contribution in [0.1, 0.15) is 42.4 Å². The molecule has 0 aliphatic rings. The number of benzene rings is 1. The van der Waals surface area contributed by atoms with Gasteiger partial charge in [-0.1, -0.05) is 54.6 Å². The number of hydrogen-bond donors (Lipinski definition) is 1. The first-order valence-electron chi connectivity index (χ1n) is 6.56. The van der Waals surface area contributed by atoms with E-state index in [1.165, 1.54) is 16.4 Å². The van der Waals surface area contributed by atoms with E-state index in [1.807, 2.05) is 18.2 Å². The molecule has 0 spiro atoms. The van der Waals surface area contributed by atoms with Crippen LogP contribution in [-0.2, 0) is 6.42 Å². The third-order valence-corrected chi connectivity index (χ3v) is 4.13. The summed E-state index contributed by atoms with van der Waals surface area (Å²) in [5.74, 6) is 0. The van der Waals surface area contributed by atoms with Gasteiger partial charge in [0.15, 0.2) is 0 Å². The zero-order valence-electron chi connectivity index (χ0n) is 11.2. The zero-order chi connectivity index (χ0) is 13.7. The third-order valence-electron chi connectivity index (χ3n) is 2.96. The van der Waals surface area contributed by atoms with Crippen molar-refractivity contribution in [3.05, 3.63) is 45.4 Å². The Morgan fingerprint density at radius 3 is 2.79 bits per heavy atom. The highest BCUT2D eigenvalue weighted by molar-refractivity contribution is 7.05. The van der Waals surface area contributed by atoms with Crippen LogP contribution in [0.2, 0.25) is 5.02 Å². The van der Waals surface area contributed by atoms with Gasteiger partial charge in [0.25, 0.3) is 0 Å². The van der Waals surface area contributed by atoms with Crippen molar-refractivity contribution in [2.75, 3.05) is 6.54 Å². The Bertz CT molecular complexity index is 527. The van der Waals surface area contributed by atoms with E-state index >= 15 is 0 Å². The summed E-state index contributed by atoms with van der Waals surface area (Å²) in [6, 6.07) is 8.03. The summed E-state index contributed by atoms with van der Waals surface area (Å²) in [6.45, 7) is 5.12. The molecule has 0 bridgehead atoms. The number of aryl methyl sites for hydroxylation is 1. The summed E-state index contributed by atoms with van der Waals surface area (Å²) in [7, 11) is 0. The van der Waals surface area contributed by atoms with Crippen LogP contribution in [-0.4, -0.2) is 16.1 Å². The number of aromatic nitrogens is 2. The van der Waals surface area contributed by atoms with Crippen LogP contribution in [0.4, 0.5) is 0 Å². The van der Waals surface area contributed by atoms with Crippen molar-refractivity contribution in [2.45, 2.75) is 32.7 Å². The minimum Gasteiger partial charge on any atom is -0.306 e. The molecule has 3 nitrogen and oxygen atoms in total. The highest BCUT2D eigenvalue weighted by Gasteiger charge is 2.21. The highest BCUT2D eigenvalue weighted by atomic mass is 35.5. The molecule has 0 amide bonds. The number of hydrogen-bond acceptors (Lipinski definition) is 4. The van der Waals surface area contributed by atoms with Crippen molar-refractivity contribution >= 4 is 23.1 Å². The Morgan fingerprint density at radius 1 is 1.32 bits per heavy atom. The van der Waals surface area contributed by atoms with Gasteiger partial charge in [0.2, 0.25) is 0 Å². The SMILES string of the molecule is CCCc1nnsc1C(NCC)c1ccccc1Cl. The van der Waals surface area contributed by atoms with Crippen LogP contribution < -0.4 is 5.32 Å². The van der Waals surface area contributed by atoms with Crippen molar-refractivity contribution < 1.29 is 0 Å². The lowest BCUT2D eigenvalue weighted by atomic mass is 10.0. The average molecular weight is 296 g/mol. The topological polar surface area (TPSA) is 37.8 Å². The number of nitrogens with one attached hydrogen (secondary N) is 1. The molecule has 5 heteroatoms. The fourth-order valence-corrected chi connectivity index (χ4v) is 3.14. The molecule has 0 saturated carbocycles. The monoisotopic (exact) mass is 295 g/mol. The molecule has 1 aromatic heterocycles. The maximum atomic E-state index is 6.32. The Kier molecular flexibility index (Phi) is 5.31. The molecule has 0 radical (unpaired) electrons. The number of rotatable bonds is 6. The number of nitrogens with zero attached hydrogens (tertiary/aromatic N) is 2. The quantitative estimate of drug-likeness (QED) is 0.880. The van der Waals surface area contributed by atoms with Gasteiger partial charge in [-0.3, -0.25) is 0 Å². The van der Waals surface area contributed by atoms with E-state index in [0.29, 0.717) is 0 Å². The lowest BCUT2D eigenvalue weighted by Gasteiger charge is -2.18. The van der Waals surface area contributed by atoms with Crippen LogP contribution in [0.25, 0.3) is 0 Å². The van der Waals surface area contributed by atoms with Gasteiger partial charge in [-0.25, -0.2) is 0 Å². The Labute approximate surface area is 123 Å². The van der Waals surface area contributed by atoms with Crippen LogP contribution in [0.15, 0.2) is 24.3 Å². The predicted octanol–water partition coefficient (Wildman–Crippen LogP) is 3.84. The molecule has 1 atom stereocenters. The van der Waals surface area contributed by atoms with Crippen LogP contribution in [0.3, 0.4) is 0 Å². The highest BCUT2D eigenvalue weighted by Crippen LogP contribution is 2.31. The first-order valence-corrected chi connectivity index (χ1v) is 7.72. The van der Waals surface area contributed by atoms with E-state index < -0.39 is 0 Å². The smallest absolute Gasteiger partial charge is 0.0807 e. The molecule has 2 rings (SSSR count). The maximum absolute atomic E-state index is 6.32. The molecule has 1 N–H and O–H groups in total. The summed E-state index contributed by atoms with van der Waals surface area (Å²) in [6.07, 6.45) is 2.03. The van der Waals surface area contributed by atoms with Crippen molar-refractivity contribution in [1.82, 2.24) is 14.9 Å². The molecule has 1 heterocycles. The minimum atomic E-state index is 0.0836. The number of halogens is 1. The van der Waals surface area contributed by atoms with E-state index in [4.69, 9.17) is 11.6 Å². The molecule has 2 aromatic rings. The van der Waals surface area contributed by atoms with E-state index in [2.05, 4.69) is 34.8 Å². The summed E-state index contributed by atoms with van der Waals surface area (Å²) in [4.78, 5) is 1.18. The second-order valence-corrected chi connectivity index (χ2v) is 5.54. The Hall–Kier alpha value is -0.970. The predicted molar refractivity (Wildman–Crippen MR) is 80.9 cm³/mol. The summed E-state index contributed by atoms with van der Waals surface area (Å²) in [5, 5.41) is 8.52. The first kappa shape index (κ1) is 14.4. The van der Waals surface area contributed by atoms with Gasteiger partial charge in [-0.15, -0.1) is 5.10 Å². The first-order chi connectivity index (χ1) is 9.27. The average Bonchev–Trinajstić information content (AvgIpc) is 2.86. The second kappa shape index (κ2) is 6.98. The van der Waals surface area contributed by atoms with Gasteiger partial charge in [0.1, 0.15) is 0 Å². The van der Waals surface area contributed by atoms with Gasteiger partial charge in [-0.05, 0) is 36.1 Å². The van der Waals surface area contributed by atoms with Crippen molar-refractivity contribution in [3.63, 3.8) is 0 Å². The van der Waals surface area contributed by atoms with Crippen LogP contribution in [0.5, 0.6) is 0 Å². The Balaban J connectivity index is 2.40. The van der Waals surface area contributed by atoms with Gasteiger partial charge in [0, 0.05) is 5.02 Å². The van der Waals surface area contributed by atoms with E-state index in [-0.39, 0.29) is 6.04 Å². The lowest BCUT2D eigenvalue weighted by molar-refractivity contribution is 0.631. The molecule has 1 unspecified atom stereocenters. The zero-order valence-corrected chi connectivity index (χ0v) is 12.8. The van der Waals surface area contributed by atoms with Crippen molar-refractivity contribution in [3.8, 4) is 0 Å². The maximum Gasteiger partial charge on any atom is 0.0807 e. The third kappa shape index (κ3) is 3.32.